The van der Waals surface area contributed by atoms with Crippen molar-refractivity contribution in [3.8, 4) is 5.75 Å². The van der Waals surface area contributed by atoms with Gasteiger partial charge < -0.3 is 15.0 Å². The van der Waals surface area contributed by atoms with Crippen LogP contribution in [0, 0.1) is 0 Å². The third-order valence-electron chi connectivity index (χ3n) is 4.64. The van der Waals surface area contributed by atoms with Gasteiger partial charge in [-0.05, 0) is 37.1 Å². The van der Waals surface area contributed by atoms with Crippen LogP contribution < -0.4 is 10.1 Å². The second-order valence-corrected chi connectivity index (χ2v) is 8.19. The van der Waals surface area contributed by atoms with Crippen LogP contribution in [0.25, 0.3) is 0 Å². The number of hydrogen-bond acceptors (Lipinski definition) is 3. The minimum absolute atomic E-state index is 0.147. The van der Waals surface area contributed by atoms with Crippen molar-refractivity contribution in [2.45, 2.75) is 18.9 Å². The maximum Gasteiger partial charge on any atom is 0.252 e. The van der Waals surface area contributed by atoms with Crippen molar-refractivity contribution >= 4 is 52.3 Å². The molecule has 0 spiro atoms. The van der Waals surface area contributed by atoms with Crippen LogP contribution in [0.15, 0.2) is 36.4 Å². The largest absolute Gasteiger partial charge is 0.490 e. The van der Waals surface area contributed by atoms with Gasteiger partial charge in [0.1, 0.15) is 11.9 Å². The molecule has 0 aliphatic carbocycles. The van der Waals surface area contributed by atoms with E-state index in [2.05, 4.69) is 10.2 Å². The number of piperidine rings is 1. The lowest BCUT2D eigenvalue weighted by Crippen LogP contribution is -2.42. The van der Waals surface area contributed by atoms with E-state index in [4.69, 9.17) is 51.1 Å². The number of carbonyl (C=O) groups excluding carboxylic acids is 1. The second-order valence-electron chi connectivity index (χ2n) is 6.59. The number of likely N-dealkylation sites (tertiary alicyclic amines) is 1. The van der Waals surface area contributed by atoms with Gasteiger partial charge in [0.2, 0.25) is 0 Å². The number of nitrogens with zero attached hydrogens (tertiary/aromatic N) is 1. The Morgan fingerprint density at radius 3 is 2.50 bits per heavy atom. The summed E-state index contributed by atoms with van der Waals surface area (Å²) in [4.78, 5) is 14.6. The van der Waals surface area contributed by atoms with Crippen LogP contribution in [0.3, 0.4) is 0 Å². The monoisotopic (exact) mass is 460 g/mol. The molecule has 1 aliphatic rings. The first kappa shape index (κ1) is 21.5. The van der Waals surface area contributed by atoms with E-state index in [1.807, 2.05) is 6.07 Å². The molecule has 1 fully saturated rings. The van der Waals surface area contributed by atoms with Gasteiger partial charge in [0, 0.05) is 32.2 Å². The van der Waals surface area contributed by atoms with Crippen LogP contribution in [0.2, 0.25) is 20.1 Å². The van der Waals surface area contributed by atoms with Crippen LogP contribution in [0.4, 0.5) is 0 Å². The molecule has 1 amide bonds. The van der Waals surface area contributed by atoms with Crippen molar-refractivity contribution in [2.24, 2.45) is 0 Å². The average Bonchev–Trinajstić information content (AvgIpc) is 2.68. The summed E-state index contributed by atoms with van der Waals surface area (Å²) < 4.78 is 6.00. The quantitative estimate of drug-likeness (QED) is 0.610. The van der Waals surface area contributed by atoms with Crippen molar-refractivity contribution in [3.63, 3.8) is 0 Å². The molecule has 2 aromatic rings. The molecule has 0 atom stereocenters. The van der Waals surface area contributed by atoms with Crippen LogP contribution in [0.5, 0.6) is 5.75 Å². The van der Waals surface area contributed by atoms with Crippen molar-refractivity contribution in [1.29, 1.82) is 0 Å². The summed E-state index contributed by atoms with van der Waals surface area (Å²) in [5.41, 5.74) is 0.392. The molecule has 3 rings (SSSR count). The topological polar surface area (TPSA) is 41.6 Å². The van der Waals surface area contributed by atoms with Crippen LogP contribution in [-0.4, -0.2) is 43.1 Å². The average molecular weight is 462 g/mol. The Kier molecular flexibility index (Phi) is 7.72. The summed E-state index contributed by atoms with van der Waals surface area (Å²) in [6.45, 7) is 3.11. The lowest BCUT2D eigenvalue weighted by Gasteiger charge is -2.32. The third kappa shape index (κ3) is 5.68. The standard InChI is InChI=1S/C20H20Cl4N2O2/c21-16-5-4-14(12-18(16)23)28-13-6-9-26(10-7-13)11-8-25-20(27)15-2-1-3-17(22)19(15)24/h1-5,12-13H,6-11H2,(H,25,27). The molecule has 4 nitrogen and oxygen atoms in total. The molecule has 0 unspecified atom stereocenters. The highest BCUT2D eigenvalue weighted by Gasteiger charge is 2.21. The molecule has 1 N–H and O–H groups in total. The molecular formula is C20H20Cl4N2O2. The van der Waals surface area contributed by atoms with Gasteiger partial charge in [-0.1, -0.05) is 52.5 Å². The SMILES string of the molecule is O=C(NCCN1CCC(Oc2ccc(Cl)c(Cl)c2)CC1)c1cccc(Cl)c1Cl. The summed E-state index contributed by atoms with van der Waals surface area (Å²) in [6, 6.07) is 10.3. The molecule has 2 aromatic carbocycles. The minimum atomic E-state index is -0.217. The molecular weight excluding hydrogens is 442 g/mol. The number of hydrogen-bond donors (Lipinski definition) is 1. The Labute approximate surface area is 184 Å². The van der Waals surface area contributed by atoms with Gasteiger partial charge >= 0.3 is 0 Å². The molecule has 0 saturated carbocycles. The Morgan fingerprint density at radius 2 is 1.79 bits per heavy atom. The summed E-state index contributed by atoms with van der Waals surface area (Å²) in [7, 11) is 0. The van der Waals surface area contributed by atoms with E-state index < -0.39 is 0 Å². The summed E-state index contributed by atoms with van der Waals surface area (Å²) in [5, 5.41) is 4.56. The first-order chi connectivity index (χ1) is 13.4. The van der Waals surface area contributed by atoms with E-state index in [0.717, 1.165) is 38.2 Å². The van der Waals surface area contributed by atoms with E-state index in [-0.39, 0.29) is 17.0 Å². The minimum Gasteiger partial charge on any atom is -0.490 e. The number of amides is 1. The van der Waals surface area contributed by atoms with Crippen LogP contribution in [-0.2, 0) is 0 Å². The normalized spacial score (nSPS) is 15.4. The van der Waals surface area contributed by atoms with Gasteiger partial charge in [-0.2, -0.15) is 0 Å². The predicted octanol–water partition coefficient (Wildman–Crippen LogP) is 5.57. The first-order valence-electron chi connectivity index (χ1n) is 9.00. The van der Waals surface area contributed by atoms with Gasteiger partial charge in [0.15, 0.2) is 0 Å². The molecule has 150 valence electrons. The zero-order chi connectivity index (χ0) is 20.1. The summed E-state index contributed by atoms with van der Waals surface area (Å²) >= 11 is 24.0. The van der Waals surface area contributed by atoms with E-state index >= 15 is 0 Å². The Balaban J connectivity index is 1.40. The van der Waals surface area contributed by atoms with E-state index in [1.54, 1.807) is 30.3 Å². The predicted molar refractivity (Wildman–Crippen MR) is 115 cm³/mol. The smallest absolute Gasteiger partial charge is 0.252 e. The van der Waals surface area contributed by atoms with Gasteiger partial charge in [-0.15, -0.1) is 0 Å². The number of nitrogens with one attached hydrogen (secondary N) is 1. The number of halogens is 4. The highest BCUT2D eigenvalue weighted by Crippen LogP contribution is 2.28. The van der Waals surface area contributed by atoms with Crippen molar-refractivity contribution < 1.29 is 9.53 Å². The van der Waals surface area contributed by atoms with Gasteiger partial charge in [-0.25, -0.2) is 0 Å². The van der Waals surface area contributed by atoms with E-state index in [1.165, 1.54) is 0 Å². The first-order valence-corrected chi connectivity index (χ1v) is 10.5. The number of rotatable bonds is 6. The van der Waals surface area contributed by atoms with Crippen molar-refractivity contribution in [2.75, 3.05) is 26.2 Å². The van der Waals surface area contributed by atoms with Gasteiger partial charge in [-0.3, -0.25) is 4.79 Å². The third-order valence-corrected chi connectivity index (χ3v) is 6.20. The molecule has 1 heterocycles. The molecule has 1 aliphatic heterocycles. The van der Waals surface area contributed by atoms with Crippen LogP contribution in [0.1, 0.15) is 23.2 Å². The highest BCUT2D eigenvalue weighted by molar-refractivity contribution is 6.44. The zero-order valence-electron chi connectivity index (χ0n) is 15.1. The molecule has 28 heavy (non-hydrogen) atoms. The number of carbonyl (C=O) groups is 1. The molecule has 1 saturated heterocycles. The van der Waals surface area contributed by atoms with E-state index in [0.29, 0.717) is 27.2 Å². The Morgan fingerprint density at radius 1 is 1.04 bits per heavy atom. The fourth-order valence-corrected chi connectivity index (χ4v) is 3.77. The van der Waals surface area contributed by atoms with Crippen LogP contribution >= 0.6 is 46.4 Å². The summed E-state index contributed by atoms with van der Waals surface area (Å²) in [6.07, 6.45) is 1.97. The Hall–Kier alpha value is -1.17. The Bertz CT molecular complexity index is 839. The number of ether oxygens (including phenoxy) is 1. The maximum atomic E-state index is 12.3. The van der Waals surface area contributed by atoms with Crippen molar-refractivity contribution in [1.82, 2.24) is 10.2 Å². The fraction of sp³-hybridized carbons (Fsp3) is 0.350. The van der Waals surface area contributed by atoms with Gasteiger partial charge in [0.25, 0.3) is 5.91 Å². The number of benzene rings is 2. The lowest BCUT2D eigenvalue weighted by atomic mass is 10.1. The molecule has 0 bridgehead atoms. The molecule has 8 heteroatoms. The van der Waals surface area contributed by atoms with E-state index in [9.17, 15) is 4.79 Å². The van der Waals surface area contributed by atoms with Gasteiger partial charge in [0.05, 0.1) is 25.7 Å². The molecule has 0 aromatic heterocycles. The van der Waals surface area contributed by atoms with Crippen molar-refractivity contribution in [3.05, 3.63) is 62.1 Å². The summed E-state index contributed by atoms with van der Waals surface area (Å²) in [5.74, 6) is 0.517. The molecule has 0 radical (unpaired) electrons. The zero-order valence-corrected chi connectivity index (χ0v) is 18.1. The lowest BCUT2D eigenvalue weighted by molar-refractivity contribution is 0.0905. The second kappa shape index (κ2) is 10.0. The fourth-order valence-electron chi connectivity index (χ4n) is 3.10. The highest BCUT2D eigenvalue weighted by atomic mass is 35.5. The maximum absolute atomic E-state index is 12.3.